The van der Waals surface area contributed by atoms with Crippen molar-refractivity contribution < 1.29 is 9.47 Å². The Balaban J connectivity index is 1.56. The molecular formula is C16H25NO2. The smallest absolute Gasteiger partial charge is 0.121 e. The molecule has 0 saturated heterocycles. The standard InChI is InChI=1S/C16H25NO2/c17-14-7-5-10-16(13-14)19-12-6-11-18-15-8-3-1-2-4-9-15/h5,7,10,13,15H,1-4,6,8-9,11-12,17H2. The minimum absolute atomic E-state index is 0.481. The summed E-state index contributed by atoms with van der Waals surface area (Å²) in [6, 6.07) is 7.56. The lowest BCUT2D eigenvalue weighted by atomic mass is 10.1. The molecule has 1 fully saturated rings. The van der Waals surface area contributed by atoms with Crippen LogP contribution in [0, 0.1) is 0 Å². The van der Waals surface area contributed by atoms with E-state index in [-0.39, 0.29) is 0 Å². The van der Waals surface area contributed by atoms with Crippen molar-refractivity contribution in [2.24, 2.45) is 0 Å². The summed E-state index contributed by atoms with van der Waals surface area (Å²) in [5.41, 5.74) is 6.44. The Morgan fingerprint density at radius 1 is 1.05 bits per heavy atom. The molecular weight excluding hydrogens is 238 g/mol. The van der Waals surface area contributed by atoms with Crippen molar-refractivity contribution in [3.8, 4) is 5.75 Å². The quantitative estimate of drug-likeness (QED) is 0.482. The second-order valence-corrected chi connectivity index (χ2v) is 5.26. The van der Waals surface area contributed by atoms with Crippen molar-refractivity contribution in [1.29, 1.82) is 0 Å². The van der Waals surface area contributed by atoms with Gasteiger partial charge >= 0.3 is 0 Å². The van der Waals surface area contributed by atoms with Gasteiger partial charge in [-0.1, -0.05) is 31.7 Å². The lowest BCUT2D eigenvalue weighted by Gasteiger charge is -2.15. The predicted molar refractivity (Wildman–Crippen MR) is 78.4 cm³/mol. The lowest BCUT2D eigenvalue weighted by molar-refractivity contribution is 0.0364. The van der Waals surface area contributed by atoms with E-state index in [0.29, 0.717) is 12.7 Å². The van der Waals surface area contributed by atoms with Gasteiger partial charge in [0.15, 0.2) is 0 Å². The number of hydrogen-bond acceptors (Lipinski definition) is 3. The van der Waals surface area contributed by atoms with Gasteiger partial charge in [0.25, 0.3) is 0 Å². The molecule has 0 bridgehead atoms. The van der Waals surface area contributed by atoms with Crippen molar-refractivity contribution >= 4 is 5.69 Å². The summed E-state index contributed by atoms with van der Waals surface area (Å²) in [7, 11) is 0. The molecule has 0 radical (unpaired) electrons. The van der Waals surface area contributed by atoms with Crippen LogP contribution in [0.3, 0.4) is 0 Å². The predicted octanol–water partition coefficient (Wildman–Crippen LogP) is 3.78. The molecule has 0 amide bonds. The summed E-state index contributed by atoms with van der Waals surface area (Å²) in [6.07, 6.45) is 9.28. The van der Waals surface area contributed by atoms with Gasteiger partial charge in [-0.3, -0.25) is 0 Å². The van der Waals surface area contributed by atoms with Crippen LogP contribution in [0.15, 0.2) is 24.3 Å². The van der Waals surface area contributed by atoms with Crippen molar-refractivity contribution in [3.63, 3.8) is 0 Å². The Morgan fingerprint density at radius 3 is 2.58 bits per heavy atom. The molecule has 1 aliphatic carbocycles. The summed E-state index contributed by atoms with van der Waals surface area (Å²) in [5.74, 6) is 0.842. The van der Waals surface area contributed by atoms with Gasteiger partial charge in [0, 0.05) is 18.2 Å². The summed E-state index contributed by atoms with van der Waals surface area (Å²) < 4.78 is 11.6. The number of nitrogen functional groups attached to an aromatic ring is 1. The Kier molecular flexibility index (Phi) is 6.02. The van der Waals surface area contributed by atoms with Crippen LogP contribution in [-0.4, -0.2) is 19.3 Å². The Morgan fingerprint density at radius 2 is 1.84 bits per heavy atom. The lowest BCUT2D eigenvalue weighted by Crippen LogP contribution is -2.14. The molecule has 1 saturated carbocycles. The van der Waals surface area contributed by atoms with Gasteiger partial charge in [0.2, 0.25) is 0 Å². The van der Waals surface area contributed by atoms with Crippen LogP contribution in [0.1, 0.15) is 44.9 Å². The van der Waals surface area contributed by atoms with Crippen LogP contribution in [0.25, 0.3) is 0 Å². The van der Waals surface area contributed by atoms with E-state index >= 15 is 0 Å². The van der Waals surface area contributed by atoms with Crippen LogP contribution in [0.4, 0.5) is 5.69 Å². The molecule has 2 N–H and O–H groups in total. The fourth-order valence-electron chi connectivity index (χ4n) is 2.51. The van der Waals surface area contributed by atoms with Gasteiger partial charge in [-0.15, -0.1) is 0 Å². The minimum atomic E-state index is 0.481. The average molecular weight is 263 g/mol. The Bertz CT molecular complexity index is 360. The van der Waals surface area contributed by atoms with Crippen molar-refractivity contribution in [2.75, 3.05) is 18.9 Å². The maximum absolute atomic E-state index is 5.92. The first-order valence-corrected chi connectivity index (χ1v) is 7.44. The van der Waals surface area contributed by atoms with E-state index < -0.39 is 0 Å². The monoisotopic (exact) mass is 263 g/mol. The number of rotatable bonds is 6. The number of hydrogen-bond donors (Lipinski definition) is 1. The van der Waals surface area contributed by atoms with Crippen molar-refractivity contribution in [2.45, 2.75) is 51.0 Å². The largest absolute Gasteiger partial charge is 0.493 e. The second kappa shape index (κ2) is 8.05. The highest BCUT2D eigenvalue weighted by molar-refractivity contribution is 5.43. The van der Waals surface area contributed by atoms with Crippen molar-refractivity contribution in [3.05, 3.63) is 24.3 Å². The zero-order valence-corrected chi connectivity index (χ0v) is 11.6. The highest BCUT2D eigenvalue weighted by Gasteiger charge is 2.11. The van der Waals surface area contributed by atoms with E-state index in [2.05, 4.69) is 0 Å². The SMILES string of the molecule is Nc1cccc(OCCCOC2CCCCCC2)c1. The van der Waals surface area contributed by atoms with Gasteiger partial charge in [-0.25, -0.2) is 0 Å². The Hall–Kier alpha value is -1.22. The topological polar surface area (TPSA) is 44.5 Å². The fraction of sp³-hybridized carbons (Fsp3) is 0.625. The highest BCUT2D eigenvalue weighted by atomic mass is 16.5. The molecule has 0 atom stereocenters. The molecule has 3 heteroatoms. The fourth-order valence-corrected chi connectivity index (χ4v) is 2.51. The van der Waals surface area contributed by atoms with Crippen molar-refractivity contribution in [1.82, 2.24) is 0 Å². The first-order chi connectivity index (χ1) is 9.34. The third-order valence-electron chi connectivity index (χ3n) is 3.57. The van der Waals surface area contributed by atoms with Crippen LogP contribution in [-0.2, 0) is 4.74 Å². The molecule has 3 nitrogen and oxygen atoms in total. The van der Waals surface area contributed by atoms with E-state index in [1.165, 1.54) is 38.5 Å². The summed E-state index contributed by atoms with van der Waals surface area (Å²) >= 11 is 0. The molecule has 1 aromatic rings. The highest BCUT2D eigenvalue weighted by Crippen LogP contribution is 2.20. The number of anilines is 1. The zero-order valence-electron chi connectivity index (χ0n) is 11.6. The Labute approximate surface area is 116 Å². The van der Waals surface area contributed by atoms with Crippen LogP contribution in [0.5, 0.6) is 5.75 Å². The molecule has 0 heterocycles. The first-order valence-electron chi connectivity index (χ1n) is 7.44. The van der Waals surface area contributed by atoms with Crippen LogP contribution < -0.4 is 10.5 Å². The maximum atomic E-state index is 5.92. The molecule has 0 aromatic heterocycles. The van der Waals surface area contributed by atoms with E-state index in [9.17, 15) is 0 Å². The number of benzene rings is 1. The van der Waals surface area contributed by atoms with E-state index in [0.717, 1.165) is 24.5 Å². The molecule has 106 valence electrons. The van der Waals surface area contributed by atoms with E-state index in [1.54, 1.807) is 0 Å². The molecule has 0 aliphatic heterocycles. The zero-order chi connectivity index (χ0) is 13.3. The number of ether oxygens (including phenoxy) is 2. The van der Waals surface area contributed by atoms with Crippen LogP contribution >= 0.6 is 0 Å². The molecule has 0 unspecified atom stereocenters. The van der Waals surface area contributed by atoms with Gasteiger partial charge in [-0.2, -0.15) is 0 Å². The minimum Gasteiger partial charge on any atom is -0.493 e. The summed E-state index contributed by atoms with van der Waals surface area (Å²) in [5, 5.41) is 0. The maximum Gasteiger partial charge on any atom is 0.121 e. The average Bonchev–Trinajstić information content (AvgIpc) is 2.67. The molecule has 0 spiro atoms. The van der Waals surface area contributed by atoms with Crippen LogP contribution in [0.2, 0.25) is 0 Å². The van der Waals surface area contributed by atoms with Gasteiger partial charge in [0.1, 0.15) is 5.75 Å². The summed E-state index contributed by atoms with van der Waals surface area (Å²) in [4.78, 5) is 0. The first kappa shape index (κ1) is 14.2. The molecule has 1 aliphatic rings. The van der Waals surface area contributed by atoms with Gasteiger partial charge in [0.05, 0.1) is 19.3 Å². The third-order valence-corrected chi connectivity index (χ3v) is 3.57. The van der Waals surface area contributed by atoms with E-state index in [4.69, 9.17) is 15.2 Å². The van der Waals surface area contributed by atoms with E-state index in [1.807, 2.05) is 24.3 Å². The third kappa shape index (κ3) is 5.52. The summed E-state index contributed by atoms with van der Waals surface area (Å²) in [6.45, 7) is 1.49. The number of nitrogens with two attached hydrogens (primary N) is 1. The molecule has 1 aromatic carbocycles. The van der Waals surface area contributed by atoms with Gasteiger partial charge in [-0.05, 0) is 25.0 Å². The normalized spacial score (nSPS) is 17.1. The second-order valence-electron chi connectivity index (χ2n) is 5.26. The molecule has 19 heavy (non-hydrogen) atoms. The van der Waals surface area contributed by atoms with Gasteiger partial charge < -0.3 is 15.2 Å². The molecule has 2 rings (SSSR count).